The van der Waals surface area contributed by atoms with E-state index in [2.05, 4.69) is 10.0 Å². The maximum Gasteiger partial charge on any atom is 0.421 e. The van der Waals surface area contributed by atoms with E-state index in [1.54, 1.807) is 47.6 Å². The Labute approximate surface area is 255 Å². The molecule has 0 spiro atoms. The lowest BCUT2D eigenvalue weighted by molar-refractivity contribution is -0.267. The number of alkyl carbamates (subject to hydrolysis) is 1. The number of anilines is 1. The Kier molecular flexibility index (Phi) is 12.0. The largest absolute Gasteiger partial charge is 0.458 e. The van der Waals surface area contributed by atoms with Crippen LogP contribution >= 0.6 is 11.8 Å². The average molecular weight is 649 g/mol. The molecule has 1 unspecified atom stereocenters. The minimum absolute atomic E-state index is 0.0156. The van der Waals surface area contributed by atoms with Gasteiger partial charge in [0.05, 0.1) is 4.90 Å². The number of amides is 1. The van der Waals surface area contributed by atoms with E-state index in [4.69, 9.17) is 9.47 Å². The molecule has 0 aliphatic rings. The second-order valence-corrected chi connectivity index (χ2v) is 14.6. The maximum absolute atomic E-state index is 14.1. The van der Waals surface area contributed by atoms with Gasteiger partial charge in [-0.1, -0.05) is 30.3 Å². The van der Waals surface area contributed by atoms with Crippen molar-refractivity contribution in [1.29, 1.82) is 0 Å². The topological polar surface area (TPSA) is 131 Å². The molecule has 0 fully saturated rings. The zero-order valence-corrected chi connectivity index (χ0v) is 26.6. The van der Waals surface area contributed by atoms with Crippen LogP contribution in [0.1, 0.15) is 59.9 Å². The molecule has 0 saturated heterocycles. The van der Waals surface area contributed by atoms with Gasteiger partial charge in [0, 0.05) is 5.69 Å². The van der Waals surface area contributed by atoms with Gasteiger partial charge in [0.15, 0.2) is 5.60 Å². The quantitative estimate of drug-likeness (QED) is 0.189. The van der Waals surface area contributed by atoms with Crippen LogP contribution in [0.25, 0.3) is 0 Å². The van der Waals surface area contributed by atoms with Gasteiger partial charge in [0.2, 0.25) is 0 Å². The highest BCUT2D eigenvalue weighted by atomic mass is 32.2. The molecule has 2 rings (SSSR count). The summed E-state index contributed by atoms with van der Waals surface area (Å²) < 4.78 is 80.1. The van der Waals surface area contributed by atoms with Gasteiger partial charge in [-0.15, -0.1) is 0 Å². The number of hydrogen-bond donors (Lipinski definition) is 3. The number of sulfonamides is 1. The molecule has 240 valence electrons. The molecule has 0 aliphatic heterocycles. The van der Waals surface area contributed by atoms with E-state index in [1.165, 1.54) is 24.3 Å². The molecule has 2 aromatic rings. The Morgan fingerprint density at radius 3 is 1.95 bits per heavy atom. The lowest BCUT2D eigenvalue weighted by Gasteiger charge is -2.31. The van der Waals surface area contributed by atoms with E-state index < -0.39 is 63.1 Å². The molecule has 0 aliphatic carbocycles. The first-order valence-electron chi connectivity index (χ1n) is 13.4. The molecule has 0 heterocycles. The van der Waals surface area contributed by atoms with E-state index in [-0.39, 0.29) is 28.5 Å². The number of benzene rings is 2. The molecular weight excluding hydrogens is 609 g/mol. The summed E-state index contributed by atoms with van der Waals surface area (Å²) in [6.07, 6.45) is -6.54. The molecule has 2 atom stereocenters. The van der Waals surface area contributed by atoms with Gasteiger partial charge in [-0.05, 0) is 95.7 Å². The maximum atomic E-state index is 14.1. The van der Waals surface area contributed by atoms with Crippen molar-refractivity contribution in [3.8, 4) is 0 Å². The molecule has 9 nitrogen and oxygen atoms in total. The second kappa shape index (κ2) is 14.2. The van der Waals surface area contributed by atoms with Crippen LogP contribution in [0.4, 0.5) is 23.7 Å². The number of carbonyl (C=O) groups excluding carboxylic acids is 2. The first kappa shape index (κ1) is 36.2. The predicted octanol–water partition coefficient (Wildman–Crippen LogP) is 5.99. The van der Waals surface area contributed by atoms with Gasteiger partial charge in [-0.25, -0.2) is 18.0 Å². The minimum Gasteiger partial charge on any atom is -0.458 e. The summed E-state index contributed by atoms with van der Waals surface area (Å²) in [5, 5.41) is 13.2. The van der Waals surface area contributed by atoms with Crippen LogP contribution in [0.2, 0.25) is 0 Å². The monoisotopic (exact) mass is 648 g/mol. The third-order valence-corrected chi connectivity index (χ3v) is 8.09. The normalized spacial score (nSPS) is 14.7. The number of carbonyl (C=O) groups is 2. The molecule has 43 heavy (non-hydrogen) atoms. The Hall–Kier alpha value is -2.97. The number of rotatable bonds is 12. The van der Waals surface area contributed by atoms with Crippen LogP contribution in [-0.2, 0) is 29.9 Å². The van der Waals surface area contributed by atoms with E-state index in [0.29, 0.717) is 0 Å². The van der Waals surface area contributed by atoms with E-state index >= 15 is 0 Å². The SMILES string of the molecule is CC(C)(C)OC(=O)N[C@@H](CCSCCC(O)(c1ccc(NS(=O)(=O)c2ccccc2)cc1)C(F)(F)F)C(=O)OC(C)(C)C. The fourth-order valence-electron chi connectivity index (χ4n) is 3.67. The Bertz CT molecular complexity index is 1330. The Balaban J connectivity index is 2.07. The first-order chi connectivity index (χ1) is 19.6. The fraction of sp³-hybridized carbons (Fsp3) is 0.517. The third-order valence-electron chi connectivity index (χ3n) is 5.68. The summed E-state index contributed by atoms with van der Waals surface area (Å²) >= 11 is 1.05. The van der Waals surface area contributed by atoms with Crippen molar-refractivity contribution in [3.05, 3.63) is 60.2 Å². The highest BCUT2D eigenvalue weighted by Gasteiger charge is 2.54. The molecule has 0 aromatic heterocycles. The lowest BCUT2D eigenvalue weighted by atomic mass is 9.90. The number of ether oxygens (including phenoxy) is 2. The minimum atomic E-state index is -5.03. The molecule has 1 amide bonds. The summed E-state index contributed by atoms with van der Waals surface area (Å²) in [5.74, 6) is -0.701. The van der Waals surface area contributed by atoms with Gasteiger partial charge >= 0.3 is 18.2 Å². The summed E-state index contributed by atoms with van der Waals surface area (Å²) in [6.45, 7) is 9.95. The Morgan fingerprint density at radius 2 is 1.44 bits per heavy atom. The summed E-state index contributed by atoms with van der Waals surface area (Å²) in [7, 11) is -3.96. The highest BCUT2D eigenvalue weighted by molar-refractivity contribution is 7.99. The van der Waals surface area contributed by atoms with Crippen LogP contribution in [0, 0.1) is 0 Å². The van der Waals surface area contributed by atoms with E-state index in [1.807, 2.05) is 0 Å². The number of esters is 1. The Morgan fingerprint density at radius 1 is 0.884 bits per heavy atom. The molecule has 14 heteroatoms. The summed E-state index contributed by atoms with van der Waals surface area (Å²) in [5.41, 5.74) is -5.29. The van der Waals surface area contributed by atoms with Gasteiger partial charge < -0.3 is 19.9 Å². The lowest BCUT2D eigenvalue weighted by Crippen LogP contribution is -2.46. The third kappa shape index (κ3) is 11.6. The van der Waals surface area contributed by atoms with Crippen LogP contribution < -0.4 is 10.0 Å². The van der Waals surface area contributed by atoms with Crippen LogP contribution in [0.5, 0.6) is 0 Å². The second-order valence-electron chi connectivity index (χ2n) is 11.7. The van der Waals surface area contributed by atoms with Crippen molar-refractivity contribution in [2.45, 2.75) is 88.3 Å². The van der Waals surface area contributed by atoms with Crippen molar-refractivity contribution in [3.63, 3.8) is 0 Å². The number of alkyl halides is 3. The van der Waals surface area contributed by atoms with Gasteiger partial charge in [0.25, 0.3) is 10.0 Å². The molecule has 3 N–H and O–H groups in total. The van der Waals surface area contributed by atoms with Crippen LogP contribution in [0.3, 0.4) is 0 Å². The fourth-order valence-corrected chi connectivity index (χ4v) is 5.80. The summed E-state index contributed by atoms with van der Waals surface area (Å²) in [6, 6.07) is 10.7. The number of halogens is 3. The number of hydrogen-bond acceptors (Lipinski definition) is 8. The zero-order chi connectivity index (χ0) is 32.7. The molecule has 2 aromatic carbocycles. The van der Waals surface area contributed by atoms with Crippen molar-refractivity contribution in [1.82, 2.24) is 5.32 Å². The zero-order valence-electron chi connectivity index (χ0n) is 24.9. The van der Waals surface area contributed by atoms with Crippen molar-refractivity contribution in [2.24, 2.45) is 0 Å². The van der Waals surface area contributed by atoms with Gasteiger partial charge in [-0.2, -0.15) is 24.9 Å². The van der Waals surface area contributed by atoms with E-state index in [0.717, 1.165) is 36.0 Å². The van der Waals surface area contributed by atoms with Crippen molar-refractivity contribution >= 4 is 39.5 Å². The number of thioether (sulfide) groups is 1. The highest BCUT2D eigenvalue weighted by Crippen LogP contribution is 2.42. The van der Waals surface area contributed by atoms with Crippen LogP contribution in [-0.4, -0.2) is 60.5 Å². The average Bonchev–Trinajstić information content (AvgIpc) is 2.85. The van der Waals surface area contributed by atoms with Crippen molar-refractivity contribution in [2.75, 3.05) is 16.2 Å². The number of aliphatic hydroxyl groups is 1. The smallest absolute Gasteiger partial charge is 0.421 e. The number of nitrogens with one attached hydrogen (secondary N) is 2. The predicted molar refractivity (Wildman–Crippen MR) is 159 cm³/mol. The molecule has 0 saturated carbocycles. The summed E-state index contributed by atoms with van der Waals surface area (Å²) in [4.78, 5) is 24.9. The molecular formula is C29H39F3N2O7S2. The molecule has 0 bridgehead atoms. The van der Waals surface area contributed by atoms with Gasteiger partial charge in [0.1, 0.15) is 17.2 Å². The van der Waals surface area contributed by atoms with Crippen molar-refractivity contribution < 1.29 is 45.8 Å². The first-order valence-corrected chi connectivity index (χ1v) is 16.0. The van der Waals surface area contributed by atoms with Gasteiger partial charge in [-0.3, -0.25) is 4.72 Å². The van der Waals surface area contributed by atoms with E-state index in [9.17, 15) is 36.3 Å². The molecule has 0 radical (unpaired) electrons. The standard InChI is InChI=1S/C29H39F3N2O7S2/c1-26(2,3)40-24(35)23(33-25(36)41-27(4,5)6)16-18-42-19-17-28(37,29(30,31)32)20-12-14-21(15-13-20)34-43(38,39)22-10-8-7-9-11-22/h7-15,23,34,37H,16-19H2,1-6H3,(H,33,36)/t23-,28?/m0/s1. The van der Waals surface area contributed by atoms with Crippen LogP contribution in [0.15, 0.2) is 59.5 Å².